The van der Waals surface area contributed by atoms with E-state index in [0.717, 1.165) is 58.5 Å². The molecule has 1 N–H and O–H groups in total. The van der Waals surface area contributed by atoms with Gasteiger partial charge in [-0.15, -0.1) is 11.3 Å². The molecule has 7 heteroatoms. The number of thiophene rings is 1. The number of furan rings is 1. The largest absolute Gasteiger partial charge is 0.478 e. The summed E-state index contributed by atoms with van der Waals surface area (Å²) in [6, 6.07) is 15.0. The molecule has 1 aliphatic carbocycles. The van der Waals surface area contributed by atoms with Crippen LogP contribution in [0, 0.1) is 11.8 Å². The second-order valence-electron chi connectivity index (χ2n) is 9.97. The van der Waals surface area contributed by atoms with E-state index >= 15 is 0 Å². The maximum Gasteiger partial charge on any atom is 0.338 e. The molecule has 3 heterocycles. The minimum absolute atomic E-state index is 0.0432. The first-order chi connectivity index (χ1) is 17.3. The number of hydrogen-bond acceptors (Lipinski definition) is 5. The Morgan fingerprint density at radius 1 is 1.06 bits per heavy atom. The average molecular weight is 503 g/mol. The van der Waals surface area contributed by atoms with Crippen LogP contribution in [0.3, 0.4) is 0 Å². The number of aromatic nitrogens is 1. The van der Waals surface area contributed by atoms with Gasteiger partial charge in [-0.05, 0) is 69.2 Å². The van der Waals surface area contributed by atoms with Crippen molar-refractivity contribution in [3.63, 3.8) is 0 Å². The van der Waals surface area contributed by atoms with Gasteiger partial charge in [-0.3, -0.25) is 9.78 Å². The van der Waals surface area contributed by atoms with E-state index in [-0.39, 0.29) is 23.4 Å². The van der Waals surface area contributed by atoms with Crippen LogP contribution < -0.4 is 4.90 Å². The van der Waals surface area contributed by atoms with Crippen LogP contribution in [0.15, 0.2) is 59.1 Å². The van der Waals surface area contributed by atoms with Crippen LogP contribution >= 0.6 is 11.3 Å². The Bertz CT molecular complexity index is 1360. The summed E-state index contributed by atoms with van der Waals surface area (Å²) in [7, 11) is 0. The van der Waals surface area contributed by atoms with E-state index in [4.69, 9.17) is 4.42 Å². The van der Waals surface area contributed by atoms with Crippen LogP contribution in [-0.2, 0) is 4.79 Å². The fraction of sp³-hybridized carbons (Fsp3) is 0.345. The van der Waals surface area contributed by atoms with Crippen LogP contribution in [-0.4, -0.2) is 28.0 Å². The summed E-state index contributed by atoms with van der Waals surface area (Å²) >= 11 is 1.37. The second-order valence-corrected chi connectivity index (χ2v) is 11.0. The minimum Gasteiger partial charge on any atom is -0.478 e. The van der Waals surface area contributed by atoms with Crippen LogP contribution in [0.1, 0.15) is 56.8 Å². The number of aromatic carboxylic acids is 1. The van der Waals surface area contributed by atoms with Gasteiger partial charge in [0.05, 0.1) is 5.56 Å². The Morgan fingerprint density at radius 2 is 1.75 bits per heavy atom. The van der Waals surface area contributed by atoms with Crippen molar-refractivity contribution in [2.45, 2.75) is 52.5 Å². The Kier molecular flexibility index (Phi) is 6.67. The lowest BCUT2D eigenvalue weighted by Gasteiger charge is -2.33. The molecule has 0 saturated heterocycles. The van der Waals surface area contributed by atoms with E-state index in [0.29, 0.717) is 10.9 Å². The number of benzene rings is 1. The molecule has 1 saturated carbocycles. The predicted molar refractivity (Wildman–Crippen MR) is 143 cm³/mol. The number of hydrogen-bond donors (Lipinski definition) is 1. The highest BCUT2D eigenvalue weighted by molar-refractivity contribution is 7.20. The summed E-state index contributed by atoms with van der Waals surface area (Å²) in [5.74, 6) is 0.347. The third-order valence-corrected chi connectivity index (χ3v) is 8.21. The van der Waals surface area contributed by atoms with E-state index in [2.05, 4.69) is 11.9 Å². The van der Waals surface area contributed by atoms with Gasteiger partial charge in [0.25, 0.3) is 0 Å². The predicted octanol–water partition coefficient (Wildman–Crippen LogP) is 7.49. The molecule has 1 fully saturated rings. The molecular weight excluding hydrogens is 472 g/mol. The van der Waals surface area contributed by atoms with E-state index in [1.807, 2.05) is 56.3 Å². The number of rotatable bonds is 6. The van der Waals surface area contributed by atoms with Crippen LogP contribution in [0.4, 0.5) is 5.00 Å². The van der Waals surface area contributed by atoms with Crippen molar-refractivity contribution in [2.75, 3.05) is 4.90 Å². The molecule has 1 aliphatic rings. The third kappa shape index (κ3) is 4.67. The maximum atomic E-state index is 13.6. The van der Waals surface area contributed by atoms with Gasteiger partial charge < -0.3 is 14.4 Å². The maximum absolute atomic E-state index is 13.6. The van der Waals surface area contributed by atoms with Crippen molar-refractivity contribution in [3.05, 3.63) is 60.3 Å². The zero-order valence-electron chi connectivity index (χ0n) is 20.7. The number of carboxylic acid groups (broad SMARTS) is 1. The molecule has 6 nitrogen and oxygen atoms in total. The topological polar surface area (TPSA) is 83.6 Å². The first-order valence-electron chi connectivity index (χ1n) is 12.5. The van der Waals surface area contributed by atoms with Gasteiger partial charge in [0.1, 0.15) is 16.3 Å². The van der Waals surface area contributed by atoms with Crippen molar-refractivity contribution < 1.29 is 19.1 Å². The number of anilines is 1. The number of nitrogens with zero attached hydrogens (tertiary/aromatic N) is 2. The molecule has 0 spiro atoms. The number of pyridine rings is 1. The lowest BCUT2D eigenvalue weighted by molar-refractivity contribution is -0.123. The van der Waals surface area contributed by atoms with E-state index < -0.39 is 5.97 Å². The monoisotopic (exact) mass is 502 g/mol. The van der Waals surface area contributed by atoms with Gasteiger partial charge >= 0.3 is 5.97 Å². The van der Waals surface area contributed by atoms with E-state index in [1.165, 1.54) is 11.3 Å². The summed E-state index contributed by atoms with van der Waals surface area (Å²) in [5, 5.41) is 10.5. The van der Waals surface area contributed by atoms with Gasteiger partial charge in [0.15, 0.2) is 5.58 Å². The van der Waals surface area contributed by atoms with Crippen LogP contribution in [0.2, 0.25) is 0 Å². The van der Waals surface area contributed by atoms with Crippen LogP contribution in [0.5, 0.6) is 0 Å². The molecule has 186 valence electrons. The molecule has 0 aliphatic heterocycles. The number of carboxylic acids is 1. The molecule has 0 unspecified atom stereocenters. The summed E-state index contributed by atoms with van der Waals surface area (Å²) in [6.45, 7) is 6.13. The molecule has 0 bridgehead atoms. The molecule has 1 aromatic carbocycles. The number of carbonyl (C=O) groups excluding carboxylic acids is 1. The standard InChI is InChI=1S/C29H30N2O4S/c1-17(2)31(27(32)21-8-6-18(3)7-9-21)28-22(29(33)34)15-26(36-28)20-12-10-19(11-13-20)25-16-23-24(35-25)5-4-14-30-23/h4-5,10-18,21H,6-9H2,1-3H3,(H,33,34). The van der Waals surface area contributed by atoms with Crippen molar-refractivity contribution >= 4 is 39.3 Å². The smallest absolute Gasteiger partial charge is 0.338 e. The Balaban J connectivity index is 1.46. The fourth-order valence-corrected chi connectivity index (χ4v) is 6.25. The lowest BCUT2D eigenvalue weighted by atomic mass is 9.82. The van der Waals surface area contributed by atoms with Crippen LogP contribution in [0.25, 0.3) is 32.9 Å². The Hall–Kier alpha value is -3.45. The molecule has 0 radical (unpaired) electrons. The summed E-state index contributed by atoms with van der Waals surface area (Å²) < 4.78 is 5.92. The highest BCUT2D eigenvalue weighted by atomic mass is 32.1. The average Bonchev–Trinajstić information content (AvgIpc) is 3.49. The quantitative estimate of drug-likeness (QED) is 0.295. The summed E-state index contributed by atoms with van der Waals surface area (Å²) in [6.07, 6.45) is 5.54. The molecule has 36 heavy (non-hydrogen) atoms. The summed E-state index contributed by atoms with van der Waals surface area (Å²) in [5.41, 5.74) is 3.52. The van der Waals surface area contributed by atoms with Gasteiger partial charge in [-0.25, -0.2) is 4.79 Å². The van der Waals surface area contributed by atoms with Crippen molar-refractivity contribution in [1.82, 2.24) is 4.98 Å². The Morgan fingerprint density at radius 3 is 2.39 bits per heavy atom. The molecule has 4 aromatic rings. The van der Waals surface area contributed by atoms with Crippen molar-refractivity contribution in [3.8, 4) is 21.8 Å². The molecule has 0 atom stereocenters. The Labute approximate surface area is 214 Å². The zero-order valence-corrected chi connectivity index (χ0v) is 21.5. The van der Waals surface area contributed by atoms with Gasteiger partial charge in [0, 0.05) is 34.7 Å². The fourth-order valence-electron chi connectivity index (χ4n) is 4.96. The van der Waals surface area contributed by atoms with E-state index in [1.54, 1.807) is 17.2 Å². The SMILES string of the molecule is CC1CCC(C(=O)N(c2sc(-c3ccc(-c4cc5ncccc5o4)cc3)cc2C(=O)O)C(C)C)CC1. The lowest BCUT2D eigenvalue weighted by Crippen LogP contribution is -2.42. The van der Waals surface area contributed by atoms with Gasteiger partial charge in [0.2, 0.25) is 5.91 Å². The van der Waals surface area contributed by atoms with Crippen molar-refractivity contribution in [2.24, 2.45) is 11.8 Å². The number of fused-ring (bicyclic) bond motifs is 1. The molecule has 5 rings (SSSR count). The van der Waals surface area contributed by atoms with E-state index in [9.17, 15) is 14.7 Å². The summed E-state index contributed by atoms with van der Waals surface area (Å²) in [4.78, 5) is 32.6. The first-order valence-corrected chi connectivity index (χ1v) is 13.3. The molecular formula is C29H30N2O4S. The molecule has 3 aromatic heterocycles. The molecule has 1 amide bonds. The van der Waals surface area contributed by atoms with Crippen molar-refractivity contribution in [1.29, 1.82) is 0 Å². The third-order valence-electron chi connectivity index (χ3n) is 7.02. The minimum atomic E-state index is -1.02. The first kappa shape index (κ1) is 24.3. The highest BCUT2D eigenvalue weighted by Gasteiger charge is 2.33. The number of amides is 1. The highest BCUT2D eigenvalue weighted by Crippen LogP contribution is 2.41. The normalized spacial score (nSPS) is 18.0. The number of carbonyl (C=O) groups is 2. The second kappa shape index (κ2) is 9.90. The van der Waals surface area contributed by atoms with Gasteiger partial charge in [-0.2, -0.15) is 0 Å². The zero-order chi connectivity index (χ0) is 25.4. The van der Waals surface area contributed by atoms with Gasteiger partial charge in [-0.1, -0.05) is 31.2 Å².